The van der Waals surface area contributed by atoms with Crippen molar-refractivity contribution in [3.63, 3.8) is 0 Å². The maximum absolute atomic E-state index is 13.3. The van der Waals surface area contributed by atoms with Crippen LogP contribution in [0.3, 0.4) is 0 Å². The molecule has 1 unspecified atom stereocenters. The molecule has 3 aromatic rings. The first-order valence-corrected chi connectivity index (χ1v) is 9.34. The standard InChI is InChI=1S/C20H23F4N5/c1-5-18(28-11-17(20(22,23)24)26-13(28)4)27-16-10-25-29(19(16)12(2)3)15-8-6-14(21)7-9-15/h6-12,18,27H,5H2,1-4H3. The first-order chi connectivity index (χ1) is 13.6. The highest BCUT2D eigenvalue weighted by Crippen LogP contribution is 2.32. The first kappa shape index (κ1) is 20.9. The Kier molecular flexibility index (Phi) is 5.68. The third kappa shape index (κ3) is 4.28. The summed E-state index contributed by atoms with van der Waals surface area (Å²) in [6.45, 7) is 7.41. The normalized spacial score (nSPS) is 13.1. The molecule has 0 saturated carbocycles. The zero-order valence-corrected chi connectivity index (χ0v) is 16.6. The molecule has 1 atom stereocenters. The maximum Gasteiger partial charge on any atom is 0.434 e. The highest BCUT2D eigenvalue weighted by atomic mass is 19.4. The molecule has 0 amide bonds. The minimum absolute atomic E-state index is 0.0668. The number of hydrogen-bond donors (Lipinski definition) is 1. The van der Waals surface area contributed by atoms with Gasteiger partial charge in [0.05, 0.1) is 23.3 Å². The summed E-state index contributed by atoms with van der Waals surface area (Å²) in [5.74, 6) is -0.00155. The van der Waals surface area contributed by atoms with Gasteiger partial charge < -0.3 is 9.88 Å². The molecule has 1 aromatic carbocycles. The Morgan fingerprint density at radius 1 is 1.14 bits per heavy atom. The zero-order valence-electron chi connectivity index (χ0n) is 16.6. The van der Waals surface area contributed by atoms with Gasteiger partial charge in [0, 0.05) is 6.20 Å². The number of hydrogen-bond acceptors (Lipinski definition) is 3. The average molecular weight is 409 g/mol. The van der Waals surface area contributed by atoms with Gasteiger partial charge in [-0.15, -0.1) is 0 Å². The molecule has 1 N–H and O–H groups in total. The van der Waals surface area contributed by atoms with Crippen molar-refractivity contribution >= 4 is 5.69 Å². The fourth-order valence-corrected chi connectivity index (χ4v) is 3.30. The van der Waals surface area contributed by atoms with Gasteiger partial charge in [-0.2, -0.15) is 18.3 Å². The second-order valence-corrected chi connectivity index (χ2v) is 7.13. The minimum Gasteiger partial charge on any atom is -0.362 e. The second-order valence-electron chi connectivity index (χ2n) is 7.13. The summed E-state index contributed by atoms with van der Waals surface area (Å²) in [6.07, 6.45) is -1.73. The lowest BCUT2D eigenvalue weighted by molar-refractivity contribution is -0.141. The van der Waals surface area contributed by atoms with E-state index >= 15 is 0 Å². The van der Waals surface area contributed by atoms with Gasteiger partial charge in [0.15, 0.2) is 5.69 Å². The van der Waals surface area contributed by atoms with Crippen LogP contribution in [0.5, 0.6) is 0 Å². The monoisotopic (exact) mass is 409 g/mol. The van der Waals surface area contributed by atoms with Crippen molar-refractivity contribution in [3.05, 3.63) is 59.7 Å². The van der Waals surface area contributed by atoms with Crippen molar-refractivity contribution in [2.45, 2.75) is 52.4 Å². The van der Waals surface area contributed by atoms with Crippen LogP contribution >= 0.6 is 0 Å². The van der Waals surface area contributed by atoms with E-state index in [0.29, 0.717) is 17.8 Å². The molecule has 0 aliphatic carbocycles. The first-order valence-electron chi connectivity index (χ1n) is 9.34. The Morgan fingerprint density at radius 3 is 2.31 bits per heavy atom. The molecule has 0 aliphatic heterocycles. The van der Waals surface area contributed by atoms with Gasteiger partial charge in [-0.05, 0) is 43.5 Å². The number of anilines is 1. The fourth-order valence-electron chi connectivity index (χ4n) is 3.30. The Hall–Kier alpha value is -2.84. The summed E-state index contributed by atoms with van der Waals surface area (Å²) in [5, 5.41) is 7.71. The highest BCUT2D eigenvalue weighted by Gasteiger charge is 2.35. The van der Waals surface area contributed by atoms with Crippen LogP contribution < -0.4 is 5.32 Å². The molecule has 156 valence electrons. The molecule has 0 spiro atoms. The van der Waals surface area contributed by atoms with Crippen molar-refractivity contribution < 1.29 is 17.6 Å². The topological polar surface area (TPSA) is 47.7 Å². The van der Waals surface area contributed by atoms with E-state index in [1.807, 2.05) is 20.8 Å². The van der Waals surface area contributed by atoms with E-state index in [0.717, 1.165) is 11.9 Å². The number of alkyl halides is 3. The van der Waals surface area contributed by atoms with Crippen LogP contribution in [0.1, 0.15) is 56.5 Å². The number of nitrogens with one attached hydrogen (secondary N) is 1. The summed E-state index contributed by atoms with van der Waals surface area (Å²) >= 11 is 0. The molecule has 3 rings (SSSR count). The van der Waals surface area contributed by atoms with E-state index in [4.69, 9.17) is 0 Å². The van der Waals surface area contributed by atoms with Crippen LogP contribution in [0.15, 0.2) is 36.7 Å². The van der Waals surface area contributed by atoms with E-state index in [9.17, 15) is 17.6 Å². The summed E-state index contributed by atoms with van der Waals surface area (Å²) in [5.41, 5.74) is 1.34. The highest BCUT2D eigenvalue weighted by molar-refractivity contribution is 5.52. The molecule has 2 aromatic heterocycles. The van der Waals surface area contributed by atoms with Crippen LogP contribution in [0, 0.1) is 12.7 Å². The second kappa shape index (κ2) is 7.88. The number of rotatable bonds is 6. The lowest BCUT2D eigenvalue weighted by Gasteiger charge is -2.22. The minimum atomic E-state index is -4.50. The van der Waals surface area contributed by atoms with E-state index < -0.39 is 18.0 Å². The van der Waals surface area contributed by atoms with Gasteiger partial charge in [0.25, 0.3) is 0 Å². The van der Waals surface area contributed by atoms with E-state index in [2.05, 4.69) is 15.4 Å². The summed E-state index contributed by atoms with van der Waals surface area (Å²) in [7, 11) is 0. The molecular formula is C20H23F4N5. The lowest BCUT2D eigenvalue weighted by Crippen LogP contribution is -2.19. The third-order valence-electron chi connectivity index (χ3n) is 4.68. The third-order valence-corrected chi connectivity index (χ3v) is 4.68. The van der Waals surface area contributed by atoms with Crippen LogP contribution in [-0.4, -0.2) is 19.3 Å². The predicted molar refractivity (Wildman–Crippen MR) is 103 cm³/mol. The molecule has 29 heavy (non-hydrogen) atoms. The molecule has 9 heteroatoms. The molecule has 0 aliphatic rings. The zero-order chi connectivity index (χ0) is 21.3. The fraction of sp³-hybridized carbons (Fsp3) is 0.400. The van der Waals surface area contributed by atoms with Crippen molar-refractivity contribution in [1.29, 1.82) is 0 Å². The molecule has 0 saturated heterocycles. The number of nitrogens with zero attached hydrogens (tertiary/aromatic N) is 4. The Labute approximate surface area is 166 Å². The number of aryl methyl sites for hydroxylation is 1. The molecule has 2 heterocycles. The van der Waals surface area contributed by atoms with Crippen LogP contribution in [0.4, 0.5) is 23.2 Å². The van der Waals surface area contributed by atoms with Gasteiger partial charge in [0.1, 0.15) is 17.8 Å². The van der Waals surface area contributed by atoms with Gasteiger partial charge in [0.2, 0.25) is 0 Å². The van der Waals surface area contributed by atoms with Crippen molar-refractivity contribution in [3.8, 4) is 5.69 Å². The molecule has 0 bridgehead atoms. The van der Waals surface area contributed by atoms with Crippen molar-refractivity contribution in [2.24, 2.45) is 0 Å². The quantitative estimate of drug-likeness (QED) is 0.533. The van der Waals surface area contributed by atoms with Gasteiger partial charge in [-0.25, -0.2) is 14.1 Å². The molecule has 5 nitrogen and oxygen atoms in total. The number of aromatic nitrogens is 4. The Bertz CT molecular complexity index is 970. The Balaban J connectivity index is 1.96. The van der Waals surface area contributed by atoms with Gasteiger partial charge in [-0.1, -0.05) is 20.8 Å². The van der Waals surface area contributed by atoms with E-state index in [-0.39, 0.29) is 17.6 Å². The number of halogens is 4. The van der Waals surface area contributed by atoms with Gasteiger partial charge >= 0.3 is 6.18 Å². The van der Waals surface area contributed by atoms with Crippen LogP contribution in [-0.2, 0) is 6.18 Å². The molecule has 0 radical (unpaired) electrons. The smallest absolute Gasteiger partial charge is 0.362 e. The predicted octanol–water partition coefficient (Wildman–Crippen LogP) is 5.68. The average Bonchev–Trinajstić information content (AvgIpc) is 3.24. The molecular weight excluding hydrogens is 386 g/mol. The van der Waals surface area contributed by atoms with Crippen LogP contribution in [0.2, 0.25) is 0 Å². The summed E-state index contributed by atoms with van der Waals surface area (Å²) in [6, 6.07) is 5.98. The van der Waals surface area contributed by atoms with E-state index in [1.54, 1.807) is 29.9 Å². The molecule has 0 fully saturated rings. The number of benzene rings is 1. The largest absolute Gasteiger partial charge is 0.434 e. The van der Waals surface area contributed by atoms with E-state index in [1.165, 1.54) is 16.7 Å². The maximum atomic E-state index is 13.3. The SMILES string of the molecule is CCC(Nc1cnn(-c2ccc(F)cc2)c1C(C)C)n1cc(C(F)(F)F)nc1C. The Morgan fingerprint density at radius 2 is 1.79 bits per heavy atom. The number of imidazole rings is 1. The van der Waals surface area contributed by atoms with Crippen molar-refractivity contribution in [2.75, 3.05) is 5.32 Å². The lowest BCUT2D eigenvalue weighted by atomic mass is 10.1. The van der Waals surface area contributed by atoms with Gasteiger partial charge in [-0.3, -0.25) is 0 Å². The van der Waals surface area contributed by atoms with Crippen LogP contribution in [0.25, 0.3) is 5.69 Å². The summed E-state index contributed by atoms with van der Waals surface area (Å²) < 4.78 is 55.5. The van der Waals surface area contributed by atoms with Crippen molar-refractivity contribution in [1.82, 2.24) is 19.3 Å². The summed E-state index contributed by atoms with van der Waals surface area (Å²) in [4.78, 5) is 3.65.